The molecule has 0 aliphatic heterocycles. The molecule has 3 nitrogen and oxygen atoms in total. The van der Waals surface area contributed by atoms with Crippen LogP contribution in [-0.2, 0) is 11.3 Å². The van der Waals surface area contributed by atoms with Gasteiger partial charge in [-0.25, -0.2) is 4.39 Å². The van der Waals surface area contributed by atoms with E-state index in [0.717, 1.165) is 6.54 Å². The van der Waals surface area contributed by atoms with Crippen molar-refractivity contribution in [3.05, 3.63) is 35.1 Å². The monoisotopic (exact) mass is 256 g/mol. The lowest BCUT2D eigenvalue weighted by Gasteiger charge is -2.16. The lowest BCUT2D eigenvalue weighted by molar-refractivity contribution is 0.158. The summed E-state index contributed by atoms with van der Waals surface area (Å²) in [5, 5.41) is 0. The summed E-state index contributed by atoms with van der Waals surface area (Å²) in [6.45, 7) is 1.92. The molecule has 0 atom stereocenters. The molecule has 0 bridgehead atoms. The van der Waals surface area contributed by atoms with Gasteiger partial charge in [0.25, 0.3) is 0 Å². The van der Waals surface area contributed by atoms with Gasteiger partial charge in [0.05, 0.1) is 6.61 Å². The first-order valence-electron chi connectivity index (χ1n) is 5.30. The number of thiocarbonyl (C=S) groups is 1. The molecule has 1 aromatic carbocycles. The standard InChI is InChI=1S/C12H17FN2OS/c1-15(5-6-16-2)8-10-4-3-9(12(14)17)7-11(10)13/h3-4,7H,5-6,8H2,1-2H3,(H2,14,17). The molecule has 0 saturated heterocycles. The Balaban J connectivity index is 2.69. The zero-order valence-corrected chi connectivity index (χ0v) is 10.9. The second-order valence-corrected chi connectivity index (χ2v) is 4.34. The first-order valence-corrected chi connectivity index (χ1v) is 5.71. The second-order valence-electron chi connectivity index (χ2n) is 3.90. The largest absolute Gasteiger partial charge is 0.389 e. The summed E-state index contributed by atoms with van der Waals surface area (Å²) in [6, 6.07) is 4.83. The quantitative estimate of drug-likeness (QED) is 0.784. The van der Waals surface area contributed by atoms with Crippen molar-refractivity contribution in [1.29, 1.82) is 0 Å². The number of ether oxygens (including phenoxy) is 1. The van der Waals surface area contributed by atoms with Crippen LogP contribution >= 0.6 is 12.2 Å². The van der Waals surface area contributed by atoms with Crippen LogP contribution in [0.5, 0.6) is 0 Å². The van der Waals surface area contributed by atoms with Crippen LogP contribution in [0.4, 0.5) is 4.39 Å². The molecule has 2 N–H and O–H groups in total. The van der Waals surface area contributed by atoms with Crippen molar-refractivity contribution in [3.63, 3.8) is 0 Å². The minimum absolute atomic E-state index is 0.211. The molecule has 17 heavy (non-hydrogen) atoms. The predicted octanol–water partition coefficient (Wildman–Crippen LogP) is 1.54. The average molecular weight is 256 g/mol. The number of methoxy groups -OCH3 is 1. The van der Waals surface area contributed by atoms with Crippen LogP contribution in [-0.4, -0.2) is 37.2 Å². The van der Waals surface area contributed by atoms with Crippen molar-refractivity contribution in [3.8, 4) is 0 Å². The van der Waals surface area contributed by atoms with Gasteiger partial charge in [0, 0.05) is 31.3 Å². The lowest BCUT2D eigenvalue weighted by atomic mass is 10.1. The van der Waals surface area contributed by atoms with Crippen molar-refractivity contribution < 1.29 is 9.13 Å². The fourth-order valence-electron chi connectivity index (χ4n) is 1.45. The molecule has 0 heterocycles. The van der Waals surface area contributed by atoms with Crippen LogP contribution in [0.2, 0.25) is 0 Å². The number of halogens is 1. The van der Waals surface area contributed by atoms with Crippen molar-refractivity contribution in [1.82, 2.24) is 4.90 Å². The number of benzene rings is 1. The first kappa shape index (κ1) is 14.0. The van der Waals surface area contributed by atoms with E-state index in [4.69, 9.17) is 22.7 Å². The number of nitrogens with two attached hydrogens (primary N) is 1. The molecular weight excluding hydrogens is 239 g/mol. The Morgan fingerprint density at radius 3 is 2.76 bits per heavy atom. The molecule has 0 aliphatic carbocycles. The molecule has 0 aromatic heterocycles. The molecule has 0 amide bonds. The summed E-state index contributed by atoms with van der Waals surface area (Å²) < 4.78 is 18.7. The Labute approximate surface area is 106 Å². The average Bonchev–Trinajstić information content (AvgIpc) is 2.28. The fourth-order valence-corrected chi connectivity index (χ4v) is 1.57. The molecular formula is C12H17FN2OS. The summed E-state index contributed by atoms with van der Waals surface area (Å²) >= 11 is 4.79. The normalized spacial score (nSPS) is 10.8. The van der Waals surface area contributed by atoms with Crippen LogP contribution < -0.4 is 5.73 Å². The van der Waals surface area contributed by atoms with E-state index in [1.807, 2.05) is 11.9 Å². The third-order valence-electron chi connectivity index (χ3n) is 2.45. The van der Waals surface area contributed by atoms with Gasteiger partial charge < -0.3 is 10.5 Å². The van der Waals surface area contributed by atoms with E-state index < -0.39 is 0 Å². The molecule has 0 saturated carbocycles. The van der Waals surface area contributed by atoms with Gasteiger partial charge in [0.15, 0.2) is 0 Å². The number of rotatable bonds is 6. The maximum absolute atomic E-state index is 13.7. The van der Waals surface area contributed by atoms with E-state index in [0.29, 0.717) is 24.3 Å². The van der Waals surface area contributed by atoms with Gasteiger partial charge in [-0.15, -0.1) is 0 Å². The summed E-state index contributed by atoms with van der Waals surface area (Å²) in [5.74, 6) is -0.278. The SMILES string of the molecule is COCCN(C)Cc1ccc(C(N)=S)cc1F. The van der Waals surface area contributed by atoms with Crippen LogP contribution in [0.3, 0.4) is 0 Å². The summed E-state index contributed by atoms with van der Waals surface area (Å²) in [7, 11) is 3.56. The second kappa shape index (κ2) is 6.64. The molecule has 0 fully saturated rings. The van der Waals surface area contributed by atoms with Crippen molar-refractivity contribution in [2.45, 2.75) is 6.54 Å². The van der Waals surface area contributed by atoms with E-state index >= 15 is 0 Å². The highest BCUT2D eigenvalue weighted by molar-refractivity contribution is 7.80. The topological polar surface area (TPSA) is 38.5 Å². The Morgan fingerprint density at radius 2 is 2.24 bits per heavy atom. The highest BCUT2D eigenvalue weighted by Gasteiger charge is 2.07. The predicted molar refractivity (Wildman–Crippen MR) is 70.5 cm³/mol. The van der Waals surface area contributed by atoms with E-state index in [1.54, 1.807) is 19.2 Å². The summed E-state index contributed by atoms with van der Waals surface area (Å²) in [6.07, 6.45) is 0. The molecule has 5 heteroatoms. The highest BCUT2D eigenvalue weighted by atomic mass is 32.1. The zero-order chi connectivity index (χ0) is 12.8. The minimum Gasteiger partial charge on any atom is -0.389 e. The number of hydrogen-bond acceptors (Lipinski definition) is 3. The minimum atomic E-state index is -0.278. The van der Waals surface area contributed by atoms with Gasteiger partial charge in [0.2, 0.25) is 0 Å². The van der Waals surface area contributed by atoms with Gasteiger partial charge in [-0.3, -0.25) is 4.90 Å². The zero-order valence-electron chi connectivity index (χ0n) is 10.1. The van der Waals surface area contributed by atoms with E-state index in [2.05, 4.69) is 0 Å². The van der Waals surface area contributed by atoms with E-state index in [9.17, 15) is 4.39 Å². The Kier molecular flexibility index (Phi) is 5.47. The summed E-state index contributed by atoms with van der Waals surface area (Å²) in [4.78, 5) is 2.20. The first-order chi connectivity index (χ1) is 8.04. The molecule has 1 rings (SSSR count). The van der Waals surface area contributed by atoms with Gasteiger partial charge in [0.1, 0.15) is 10.8 Å². The molecule has 0 radical (unpaired) electrons. The Morgan fingerprint density at radius 1 is 1.53 bits per heavy atom. The van der Waals surface area contributed by atoms with Crippen LogP contribution in [0.15, 0.2) is 18.2 Å². The number of likely N-dealkylation sites (N-methyl/N-ethyl adjacent to an activating group) is 1. The van der Waals surface area contributed by atoms with Crippen molar-refractivity contribution >= 4 is 17.2 Å². The maximum Gasteiger partial charge on any atom is 0.128 e. The fraction of sp³-hybridized carbons (Fsp3) is 0.417. The van der Waals surface area contributed by atoms with Crippen LogP contribution in [0, 0.1) is 5.82 Å². The van der Waals surface area contributed by atoms with Gasteiger partial charge in [-0.2, -0.15) is 0 Å². The van der Waals surface area contributed by atoms with Gasteiger partial charge in [-0.1, -0.05) is 24.4 Å². The molecule has 0 spiro atoms. The molecule has 1 aromatic rings. The van der Waals surface area contributed by atoms with E-state index in [-0.39, 0.29) is 10.8 Å². The van der Waals surface area contributed by atoms with E-state index in [1.165, 1.54) is 6.07 Å². The van der Waals surface area contributed by atoms with Crippen LogP contribution in [0.25, 0.3) is 0 Å². The summed E-state index contributed by atoms with van der Waals surface area (Å²) in [5.41, 5.74) is 6.62. The third-order valence-corrected chi connectivity index (χ3v) is 2.69. The molecule has 94 valence electrons. The molecule has 0 aliphatic rings. The number of nitrogens with zero attached hydrogens (tertiary/aromatic N) is 1. The molecule has 0 unspecified atom stereocenters. The smallest absolute Gasteiger partial charge is 0.128 e. The van der Waals surface area contributed by atoms with Gasteiger partial charge >= 0.3 is 0 Å². The maximum atomic E-state index is 13.7. The van der Waals surface area contributed by atoms with Crippen molar-refractivity contribution in [2.75, 3.05) is 27.3 Å². The Bertz CT molecular complexity index is 398. The van der Waals surface area contributed by atoms with Crippen molar-refractivity contribution in [2.24, 2.45) is 5.73 Å². The highest BCUT2D eigenvalue weighted by Crippen LogP contribution is 2.12. The third kappa shape index (κ3) is 4.38. The van der Waals surface area contributed by atoms with Crippen LogP contribution in [0.1, 0.15) is 11.1 Å². The van der Waals surface area contributed by atoms with Gasteiger partial charge in [-0.05, 0) is 13.1 Å². The lowest BCUT2D eigenvalue weighted by Crippen LogP contribution is -2.23. The Hall–Kier alpha value is -1.04. The number of hydrogen-bond donors (Lipinski definition) is 1.